The Hall–Kier alpha value is -3.68. The first-order chi connectivity index (χ1) is 14.9. The largest absolute Gasteiger partial charge is 0.350 e. The number of para-hydroxylation sites is 1. The molecule has 1 aliphatic rings. The summed E-state index contributed by atoms with van der Waals surface area (Å²) in [6, 6.07) is 14.0. The number of anilines is 1. The molecule has 1 aromatic heterocycles. The normalized spacial score (nSPS) is 14.2. The number of fused-ring (bicyclic) bond motifs is 1. The summed E-state index contributed by atoms with van der Waals surface area (Å²) in [6.45, 7) is 2.03. The van der Waals surface area contributed by atoms with Crippen LogP contribution in [0.15, 0.2) is 58.1 Å². The quantitative estimate of drug-likeness (QED) is 0.544. The average Bonchev–Trinajstić information content (AvgIpc) is 3.59. The number of nitrogens with one attached hydrogen (secondary N) is 3. The lowest BCUT2D eigenvalue weighted by Gasteiger charge is -2.16. The Balaban J connectivity index is 1.37. The molecule has 3 N–H and O–H groups in total. The lowest BCUT2D eigenvalue weighted by molar-refractivity contribution is -0.122. The van der Waals surface area contributed by atoms with Gasteiger partial charge in [0.2, 0.25) is 11.8 Å². The molecule has 31 heavy (non-hydrogen) atoms. The van der Waals surface area contributed by atoms with Gasteiger partial charge in [-0.05, 0) is 49.6 Å². The zero-order chi connectivity index (χ0) is 22.0. The van der Waals surface area contributed by atoms with Crippen LogP contribution in [0.25, 0.3) is 10.9 Å². The van der Waals surface area contributed by atoms with Crippen LogP contribution in [-0.2, 0) is 16.1 Å². The Kier molecular flexibility index (Phi) is 5.70. The fourth-order valence-electron chi connectivity index (χ4n) is 3.52. The molecule has 1 fully saturated rings. The molecule has 1 aliphatic carbocycles. The molecule has 1 heterocycles. The Labute approximate surface area is 178 Å². The van der Waals surface area contributed by atoms with Crippen LogP contribution in [-0.4, -0.2) is 21.4 Å². The van der Waals surface area contributed by atoms with E-state index in [2.05, 4.69) is 15.6 Å². The third kappa shape index (κ3) is 4.74. The Morgan fingerprint density at radius 3 is 2.52 bits per heavy atom. The maximum atomic E-state index is 12.5. The summed E-state index contributed by atoms with van der Waals surface area (Å²) in [6.07, 6.45) is 2.00. The van der Waals surface area contributed by atoms with Crippen LogP contribution in [0.2, 0.25) is 0 Å². The molecule has 8 nitrogen and oxygen atoms in total. The molecule has 1 unspecified atom stereocenters. The van der Waals surface area contributed by atoms with Crippen LogP contribution < -0.4 is 21.9 Å². The van der Waals surface area contributed by atoms with Gasteiger partial charge in [-0.3, -0.25) is 23.9 Å². The highest BCUT2D eigenvalue weighted by Gasteiger charge is 2.29. The highest BCUT2D eigenvalue weighted by Crippen LogP contribution is 2.30. The van der Waals surface area contributed by atoms with Crippen molar-refractivity contribution in [3.63, 3.8) is 0 Å². The van der Waals surface area contributed by atoms with E-state index in [1.54, 1.807) is 24.3 Å². The number of aromatic nitrogens is 2. The van der Waals surface area contributed by atoms with Gasteiger partial charge in [0.1, 0.15) is 0 Å². The molecule has 0 saturated heterocycles. The number of H-pyrrole nitrogens is 1. The topological polar surface area (TPSA) is 113 Å². The van der Waals surface area contributed by atoms with E-state index < -0.39 is 11.2 Å². The molecular weight excluding hydrogens is 396 g/mol. The monoisotopic (exact) mass is 420 g/mol. The molecule has 2 amide bonds. The third-order valence-corrected chi connectivity index (χ3v) is 5.47. The van der Waals surface area contributed by atoms with Crippen molar-refractivity contribution in [1.82, 2.24) is 14.9 Å². The number of hydrogen-bond donors (Lipinski definition) is 3. The van der Waals surface area contributed by atoms with Gasteiger partial charge in [0, 0.05) is 24.6 Å². The summed E-state index contributed by atoms with van der Waals surface area (Å²) >= 11 is 0. The van der Waals surface area contributed by atoms with Gasteiger partial charge in [-0.15, -0.1) is 0 Å². The molecule has 8 heteroatoms. The van der Waals surface area contributed by atoms with Gasteiger partial charge in [-0.2, -0.15) is 0 Å². The third-order valence-electron chi connectivity index (χ3n) is 5.47. The van der Waals surface area contributed by atoms with Crippen LogP contribution in [0.3, 0.4) is 0 Å². The summed E-state index contributed by atoms with van der Waals surface area (Å²) in [5.74, 6) is -0.00937. The van der Waals surface area contributed by atoms with Crippen LogP contribution >= 0.6 is 0 Å². The lowest BCUT2D eigenvalue weighted by atomic mass is 10.1. The van der Waals surface area contributed by atoms with E-state index in [0.29, 0.717) is 10.9 Å². The number of hydrogen-bond acceptors (Lipinski definition) is 4. The SMILES string of the molecule is CC(NC(=O)CCn1c(=O)[nH]c(=O)c2ccccc21)c1ccc(NC(=O)C2CC2)cc1. The average molecular weight is 420 g/mol. The molecule has 3 aromatic rings. The van der Waals surface area contributed by atoms with Crippen LogP contribution in [0.4, 0.5) is 5.69 Å². The Morgan fingerprint density at radius 1 is 1.10 bits per heavy atom. The lowest BCUT2D eigenvalue weighted by Crippen LogP contribution is -2.33. The van der Waals surface area contributed by atoms with Crippen molar-refractivity contribution in [1.29, 1.82) is 0 Å². The smallest absolute Gasteiger partial charge is 0.328 e. The first kappa shape index (κ1) is 20.6. The standard InChI is InChI=1S/C23H24N4O4/c1-14(15-8-10-17(11-9-15)25-21(29)16-6-7-16)24-20(28)12-13-27-19-5-3-2-4-18(19)22(30)26-23(27)31/h2-5,8-11,14,16H,6-7,12-13H2,1H3,(H,24,28)(H,25,29)(H,26,30,31). The molecule has 0 radical (unpaired) electrons. The first-order valence-corrected chi connectivity index (χ1v) is 10.3. The molecule has 0 bridgehead atoms. The molecule has 1 atom stereocenters. The molecule has 1 saturated carbocycles. The summed E-state index contributed by atoms with van der Waals surface area (Å²) in [5.41, 5.74) is 1.17. The highest BCUT2D eigenvalue weighted by atomic mass is 16.2. The molecule has 2 aromatic carbocycles. The summed E-state index contributed by atoms with van der Waals surface area (Å²) in [4.78, 5) is 50.7. The number of aryl methyl sites for hydroxylation is 1. The van der Waals surface area contributed by atoms with E-state index in [-0.39, 0.29) is 36.7 Å². The van der Waals surface area contributed by atoms with E-state index in [9.17, 15) is 19.2 Å². The number of rotatable bonds is 7. The summed E-state index contributed by atoms with van der Waals surface area (Å²) in [7, 11) is 0. The number of aromatic amines is 1. The van der Waals surface area contributed by atoms with Gasteiger partial charge in [0.25, 0.3) is 5.56 Å². The van der Waals surface area contributed by atoms with Crippen molar-refractivity contribution in [2.45, 2.75) is 38.8 Å². The van der Waals surface area contributed by atoms with E-state index in [1.165, 1.54) is 4.57 Å². The number of carbonyl (C=O) groups is 2. The van der Waals surface area contributed by atoms with Gasteiger partial charge in [0.15, 0.2) is 0 Å². The molecule has 0 aliphatic heterocycles. The second kappa shape index (κ2) is 8.59. The number of benzene rings is 2. The zero-order valence-corrected chi connectivity index (χ0v) is 17.2. The zero-order valence-electron chi connectivity index (χ0n) is 17.2. The van der Waals surface area contributed by atoms with Gasteiger partial charge in [0.05, 0.1) is 16.9 Å². The van der Waals surface area contributed by atoms with Crippen LogP contribution in [0.5, 0.6) is 0 Å². The summed E-state index contributed by atoms with van der Waals surface area (Å²) in [5, 5.41) is 6.22. The van der Waals surface area contributed by atoms with Gasteiger partial charge in [-0.25, -0.2) is 4.79 Å². The molecule has 0 spiro atoms. The van der Waals surface area contributed by atoms with Crippen molar-refractivity contribution < 1.29 is 9.59 Å². The predicted octanol–water partition coefficient (Wildman–Crippen LogP) is 2.31. The minimum Gasteiger partial charge on any atom is -0.350 e. The van der Waals surface area contributed by atoms with Gasteiger partial charge in [-0.1, -0.05) is 24.3 Å². The fourth-order valence-corrected chi connectivity index (χ4v) is 3.52. The number of nitrogens with zero attached hydrogens (tertiary/aromatic N) is 1. The molecule has 4 rings (SSSR count). The van der Waals surface area contributed by atoms with E-state index in [0.717, 1.165) is 24.1 Å². The minimum atomic E-state index is -0.534. The van der Waals surface area contributed by atoms with Gasteiger partial charge < -0.3 is 10.6 Å². The van der Waals surface area contributed by atoms with E-state index >= 15 is 0 Å². The summed E-state index contributed by atoms with van der Waals surface area (Å²) < 4.78 is 1.40. The maximum absolute atomic E-state index is 12.5. The van der Waals surface area contributed by atoms with Crippen LogP contribution in [0.1, 0.15) is 37.8 Å². The Morgan fingerprint density at radius 2 is 1.81 bits per heavy atom. The second-order valence-corrected chi connectivity index (χ2v) is 7.85. The number of carbonyl (C=O) groups excluding carboxylic acids is 2. The minimum absolute atomic E-state index is 0.0547. The van der Waals surface area contributed by atoms with Gasteiger partial charge >= 0.3 is 5.69 Å². The Bertz CT molecular complexity index is 1240. The molecule has 160 valence electrons. The maximum Gasteiger partial charge on any atom is 0.328 e. The van der Waals surface area contributed by atoms with E-state index in [4.69, 9.17) is 0 Å². The van der Waals surface area contributed by atoms with Crippen molar-refractivity contribution >= 4 is 28.4 Å². The van der Waals surface area contributed by atoms with Crippen molar-refractivity contribution in [2.24, 2.45) is 5.92 Å². The molecular formula is C23H24N4O4. The van der Waals surface area contributed by atoms with Crippen molar-refractivity contribution in [3.8, 4) is 0 Å². The van der Waals surface area contributed by atoms with Crippen molar-refractivity contribution in [3.05, 3.63) is 74.9 Å². The first-order valence-electron chi connectivity index (χ1n) is 10.3. The fraction of sp³-hybridized carbons (Fsp3) is 0.304. The highest BCUT2D eigenvalue weighted by molar-refractivity contribution is 5.94. The van der Waals surface area contributed by atoms with Crippen LogP contribution in [0, 0.1) is 5.92 Å². The predicted molar refractivity (Wildman–Crippen MR) is 118 cm³/mol. The number of amides is 2. The second-order valence-electron chi connectivity index (χ2n) is 7.85. The van der Waals surface area contributed by atoms with E-state index in [1.807, 2.05) is 31.2 Å². The van der Waals surface area contributed by atoms with Crippen molar-refractivity contribution in [2.75, 3.05) is 5.32 Å².